The number of hydrogen-bond donors (Lipinski definition) is 1. The zero-order valence-electron chi connectivity index (χ0n) is 14.8. The predicted molar refractivity (Wildman–Crippen MR) is 95.2 cm³/mol. The van der Waals surface area contributed by atoms with Crippen LogP contribution in [0.5, 0.6) is 0 Å². The molecule has 2 bridgehead atoms. The van der Waals surface area contributed by atoms with Crippen molar-refractivity contribution in [2.24, 2.45) is 5.41 Å². The molecule has 0 saturated heterocycles. The van der Waals surface area contributed by atoms with E-state index in [0.29, 0.717) is 22.8 Å². The fraction of sp³-hybridized carbons (Fsp3) is 0.524. The normalized spacial score (nSPS) is 29.1. The molecule has 3 saturated carbocycles. The first-order valence-electron chi connectivity index (χ1n) is 9.07. The van der Waals surface area contributed by atoms with Crippen molar-refractivity contribution in [2.45, 2.75) is 63.4 Å². The monoisotopic (exact) mass is 341 g/mol. The number of rotatable bonds is 3. The van der Waals surface area contributed by atoms with Crippen molar-refractivity contribution in [3.8, 4) is 0 Å². The summed E-state index contributed by atoms with van der Waals surface area (Å²) in [5, 5.41) is 11.3. The van der Waals surface area contributed by atoms with Crippen LogP contribution in [0.15, 0.2) is 24.3 Å². The standard InChI is InChI=1S/C21H24FNO2/c1-19(2,25)21-8-5-20(6-9-21,7-10-21)17-4-3-15-11-14(13-24)12-16(22)18(15)23-17/h3-4,11-13,25H,5-10H2,1-2H3. The summed E-state index contributed by atoms with van der Waals surface area (Å²) in [7, 11) is 0. The lowest BCUT2D eigenvalue weighted by molar-refractivity contribution is -0.120. The van der Waals surface area contributed by atoms with Crippen LogP contribution in [0.1, 0.15) is 68.4 Å². The van der Waals surface area contributed by atoms with Crippen LogP contribution in [0, 0.1) is 11.2 Å². The number of carbonyl (C=O) groups is 1. The van der Waals surface area contributed by atoms with Crippen molar-refractivity contribution in [1.29, 1.82) is 0 Å². The molecule has 0 aliphatic heterocycles. The Hall–Kier alpha value is -1.81. The molecule has 132 valence electrons. The average Bonchev–Trinajstić information content (AvgIpc) is 2.62. The SMILES string of the molecule is CC(C)(O)C12CCC(c3ccc4cc(C=O)cc(F)c4n3)(CC1)CC2. The van der Waals surface area contributed by atoms with Crippen molar-refractivity contribution in [1.82, 2.24) is 4.98 Å². The van der Waals surface area contributed by atoms with Crippen molar-refractivity contribution >= 4 is 17.2 Å². The highest BCUT2D eigenvalue weighted by Crippen LogP contribution is 2.61. The molecule has 0 unspecified atom stereocenters. The third kappa shape index (κ3) is 2.42. The fourth-order valence-corrected chi connectivity index (χ4v) is 5.06. The molecule has 0 atom stereocenters. The van der Waals surface area contributed by atoms with Gasteiger partial charge in [-0.3, -0.25) is 4.79 Å². The second kappa shape index (κ2) is 5.34. The highest BCUT2D eigenvalue weighted by Gasteiger charge is 2.55. The van der Waals surface area contributed by atoms with Crippen molar-refractivity contribution < 1.29 is 14.3 Å². The maximum Gasteiger partial charge on any atom is 0.150 e. The average molecular weight is 341 g/mol. The van der Waals surface area contributed by atoms with Gasteiger partial charge in [-0.15, -0.1) is 0 Å². The summed E-state index contributed by atoms with van der Waals surface area (Å²) in [6.07, 6.45) is 6.60. The fourth-order valence-electron chi connectivity index (χ4n) is 5.06. The number of aldehydes is 1. The van der Waals surface area contributed by atoms with Crippen LogP contribution in [0.4, 0.5) is 4.39 Å². The van der Waals surface area contributed by atoms with Gasteiger partial charge in [0.2, 0.25) is 0 Å². The van der Waals surface area contributed by atoms with Gasteiger partial charge in [-0.25, -0.2) is 9.37 Å². The summed E-state index contributed by atoms with van der Waals surface area (Å²) >= 11 is 0. The van der Waals surface area contributed by atoms with E-state index in [4.69, 9.17) is 0 Å². The van der Waals surface area contributed by atoms with Crippen LogP contribution < -0.4 is 0 Å². The Bertz CT molecular complexity index is 828. The number of halogens is 1. The van der Waals surface area contributed by atoms with E-state index in [1.807, 2.05) is 26.0 Å². The maximum atomic E-state index is 14.4. The van der Waals surface area contributed by atoms with Crippen LogP contribution in [-0.4, -0.2) is 22.0 Å². The van der Waals surface area contributed by atoms with Crippen LogP contribution in [-0.2, 0) is 5.41 Å². The van der Waals surface area contributed by atoms with Crippen molar-refractivity contribution in [2.75, 3.05) is 0 Å². The van der Waals surface area contributed by atoms with Gasteiger partial charge in [0.25, 0.3) is 0 Å². The van der Waals surface area contributed by atoms with E-state index >= 15 is 0 Å². The maximum absolute atomic E-state index is 14.4. The molecule has 0 radical (unpaired) electrons. The summed E-state index contributed by atoms with van der Waals surface area (Å²) in [5.74, 6) is -0.435. The molecule has 3 nitrogen and oxygen atoms in total. The first-order chi connectivity index (χ1) is 11.8. The molecule has 3 aliphatic rings. The Morgan fingerprint density at radius 3 is 2.32 bits per heavy atom. The minimum Gasteiger partial charge on any atom is -0.390 e. The lowest BCUT2D eigenvalue weighted by Gasteiger charge is -2.57. The molecule has 1 N–H and O–H groups in total. The van der Waals surface area contributed by atoms with E-state index in [1.54, 1.807) is 6.07 Å². The van der Waals surface area contributed by atoms with Gasteiger partial charge in [0.15, 0.2) is 0 Å². The van der Waals surface area contributed by atoms with E-state index in [2.05, 4.69) is 4.98 Å². The van der Waals surface area contributed by atoms with Gasteiger partial charge in [0, 0.05) is 22.1 Å². The number of nitrogens with zero attached hydrogens (tertiary/aromatic N) is 1. The minimum absolute atomic E-state index is 0.00302. The molecule has 4 heteroatoms. The summed E-state index contributed by atoms with van der Waals surface area (Å²) < 4.78 is 14.4. The molecule has 1 aromatic carbocycles. The summed E-state index contributed by atoms with van der Waals surface area (Å²) in [6, 6.07) is 6.82. The zero-order valence-corrected chi connectivity index (χ0v) is 14.8. The number of aromatic nitrogens is 1. The van der Waals surface area contributed by atoms with Crippen LogP contribution in [0.25, 0.3) is 10.9 Å². The van der Waals surface area contributed by atoms with Crippen LogP contribution in [0.2, 0.25) is 0 Å². The summed E-state index contributed by atoms with van der Waals surface area (Å²) in [6.45, 7) is 3.86. The second-order valence-corrected chi connectivity index (χ2v) is 8.51. The quantitative estimate of drug-likeness (QED) is 0.833. The van der Waals surface area contributed by atoms with Gasteiger partial charge in [-0.2, -0.15) is 0 Å². The molecular formula is C21H24FNO2. The molecule has 0 amide bonds. The Balaban J connectivity index is 1.72. The molecule has 3 aliphatic carbocycles. The number of fused-ring (bicyclic) bond motifs is 4. The molecular weight excluding hydrogens is 317 g/mol. The van der Waals surface area contributed by atoms with Gasteiger partial charge in [-0.1, -0.05) is 6.07 Å². The number of benzene rings is 1. The van der Waals surface area contributed by atoms with Crippen molar-refractivity contribution in [3.05, 3.63) is 41.3 Å². The largest absolute Gasteiger partial charge is 0.390 e. The Morgan fingerprint density at radius 2 is 1.76 bits per heavy atom. The highest BCUT2D eigenvalue weighted by atomic mass is 19.1. The Labute approximate surface area is 147 Å². The van der Waals surface area contributed by atoms with Gasteiger partial charge >= 0.3 is 0 Å². The molecule has 2 aromatic rings. The Morgan fingerprint density at radius 1 is 1.12 bits per heavy atom. The van der Waals surface area contributed by atoms with Crippen molar-refractivity contribution in [3.63, 3.8) is 0 Å². The smallest absolute Gasteiger partial charge is 0.150 e. The number of aliphatic hydroxyl groups is 1. The van der Waals surface area contributed by atoms with Gasteiger partial charge in [0.05, 0.1) is 5.60 Å². The highest BCUT2D eigenvalue weighted by molar-refractivity contribution is 5.87. The number of hydrogen-bond acceptors (Lipinski definition) is 3. The third-order valence-corrected chi connectivity index (χ3v) is 6.99. The number of carbonyl (C=O) groups excluding carboxylic acids is 1. The molecule has 5 rings (SSSR count). The predicted octanol–water partition coefficient (Wildman–Crippen LogP) is 4.55. The number of pyridine rings is 1. The van der Waals surface area contributed by atoms with E-state index in [9.17, 15) is 14.3 Å². The topological polar surface area (TPSA) is 50.2 Å². The molecule has 1 heterocycles. The first-order valence-corrected chi connectivity index (χ1v) is 9.07. The molecule has 1 aromatic heterocycles. The van der Waals surface area contributed by atoms with Crippen LogP contribution in [0.3, 0.4) is 0 Å². The molecule has 3 fully saturated rings. The second-order valence-electron chi connectivity index (χ2n) is 8.51. The van der Waals surface area contributed by atoms with E-state index in [-0.39, 0.29) is 10.8 Å². The molecule has 0 spiro atoms. The van der Waals surface area contributed by atoms with Gasteiger partial charge in [-0.05, 0) is 76.0 Å². The first kappa shape index (κ1) is 16.6. The van der Waals surface area contributed by atoms with Crippen LogP contribution >= 0.6 is 0 Å². The molecule has 25 heavy (non-hydrogen) atoms. The lowest BCUT2D eigenvalue weighted by atomic mass is 9.49. The third-order valence-electron chi connectivity index (χ3n) is 6.99. The van der Waals surface area contributed by atoms with Gasteiger partial charge in [0.1, 0.15) is 17.6 Å². The minimum atomic E-state index is -0.659. The van der Waals surface area contributed by atoms with E-state index in [1.165, 1.54) is 6.07 Å². The van der Waals surface area contributed by atoms with Gasteiger partial charge < -0.3 is 5.11 Å². The summed E-state index contributed by atoms with van der Waals surface area (Å²) in [4.78, 5) is 15.6. The Kier molecular flexibility index (Phi) is 3.56. The van der Waals surface area contributed by atoms with E-state index < -0.39 is 11.4 Å². The van der Waals surface area contributed by atoms with E-state index in [0.717, 1.165) is 44.2 Å². The lowest BCUT2D eigenvalue weighted by Crippen LogP contribution is -2.54. The summed E-state index contributed by atoms with van der Waals surface area (Å²) in [5.41, 5.74) is 0.993. The zero-order chi connectivity index (χ0) is 17.9.